The van der Waals surface area contributed by atoms with Crippen LogP contribution in [-0.4, -0.2) is 10.2 Å². The monoisotopic (exact) mass is 438 g/mol. The highest BCUT2D eigenvalue weighted by Gasteiger charge is 2.28. The molecule has 2 heteroatoms. The number of phenolic OH excluding ortho intramolecular Hbond substituents is 2. The number of benzene rings is 2. The molecule has 2 nitrogen and oxygen atoms in total. The fourth-order valence-electron chi connectivity index (χ4n) is 4.89. The van der Waals surface area contributed by atoms with Crippen LogP contribution in [0.3, 0.4) is 0 Å². The highest BCUT2D eigenvalue weighted by Crippen LogP contribution is 2.43. The van der Waals surface area contributed by atoms with Crippen LogP contribution in [0.15, 0.2) is 24.3 Å². The first-order valence-electron chi connectivity index (χ1n) is 12.6. The van der Waals surface area contributed by atoms with Gasteiger partial charge in [0.15, 0.2) is 0 Å². The Bertz CT molecular complexity index is 836. The zero-order valence-corrected chi connectivity index (χ0v) is 22.0. The van der Waals surface area contributed by atoms with Gasteiger partial charge in [0.2, 0.25) is 0 Å². The minimum absolute atomic E-state index is 0.127. The maximum Gasteiger partial charge on any atom is 0.119 e. The standard InChI is InChI=1S/C30H46O2/c1-10-13-20-16-27(31)25(29(4,5)6)18-23(20)22(15-12-3)24-19-26(30(7,8)9)28(32)17-21(24)14-11-2/h16-19,22,31-32H,10-15H2,1-9H3. The second-order valence-electron chi connectivity index (χ2n) is 11.5. The number of aryl methyl sites for hydroxylation is 2. The summed E-state index contributed by atoms with van der Waals surface area (Å²) in [5.74, 6) is 1.08. The number of phenols is 2. The average molecular weight is 439 g/mol. The summed E-state index contributed by atoms with van der Waals surface area (Å²) in [6.07, 6.45) is 6.15. The van der Waals surface area contributed by atoms with Gasteiger partial charge in [0.25, 0.3) is 0 Å². The van der Waals surface area contributed by atoms with Crippen molar-refractivity contribution in [2.24, 2.45) is 0 Å². The van der Waals surface area contributed by atoms with Gasteiger partial charge in [-0.05, 0) is 75.6 Å². The average Bonchev–Trinajstić information content (AvgIpc) is 2.66. The van der Waals surface area contributed by atoms with Crippen LogP contribution in [0.4, 0.5) is 0 Å². The summed E-state index contributed by atoms with van der Waals surface area (Å²) in [7, 11) is 0. The molecular weight excluding hydrogens is 392 g/mol. The summed E-state index contributed by atoms with van der Waals surface area (Å²) in [6.45, 7) is 19.7. The van der Waals surface area contributed by atoms with Crippen molar-refractivity contribution in [3.8, 4) is 11.5 Å². The summed E-state index contributed by atoms with van der Waals surface area (Å²) in [6, 6.07) is 8.60. The van der Waals surface area contributed by atoms with Gasteiger partial charge < -0.3 is 10.2 Å². The predicted molar refractivity (Wildman–Crippen MR) is 138 cm³/mol. The van der Waals surface area contributed by atoms with Gasteiger partial charge in [-0.1, -0.05) is 93.7 Å². The van der Waals surface area contributed by atoms with Crippen LogP contribution < -0.4 is 0 Å². The molecule has 0 aliphatic heterocycles. The quantitative estimate of drug-likeness (QED) is 0.433. The molecule has 0 fully saturated rings. The van der Waals surface area contributed by atoms with Crippen LogP contribution in [0.25, 0.3) is 0 Å². The Morgan fingerprint density at radius 2 is 1.00 bits per heavy atom. The highest BCUT2D eigenvalue weighted by atomic mass is 16.3. The van der Waals surface area contributed by atoms with Crippen LogP contribution in [0.1, 0.15) is 127 Å². The van der Waals surface area contributed by atoms with Gasteiger partial charge >= 0.3 is 0 Å². The van der Waals surface area contributed by atoms with E-state index in [9.17, 15) is 10.2 Å². The second-order valence-corrected chi connectivity index (χ2v) is 11.5. The van der Waals surface area contributed by atoms with E-state index in [0.29, 0.717) is 11.5 Å². The van der Waals surface area contributed by atoms with Gasteiger partial charge in [0.1, 0.15) is 11.5 Å². The number of rotatable bonds is 8. The summed E-state index contributed by atoms with van der Waals surface area (Å²) in [4.78, 5) is 0. The van der Waals surface area contributed by atoms with Crippen molar-refractivity contribution < 1.29 is 10.2 Å². The molecule has 178 valence electrons. The van der Waals surface area contributed by atoms with E-state index in [0.717, 1.165) is 49.7 Å². The van der Waals surface area contributed by atoms with Crippen molar-refractivity contribution in [3.63, 3.8) is 0 Å². The van der Waals surface area contributed by atoms with E-state index >= 15 is 0 Å². The largest absolute Gasteiger partial charge is 0.508 e. The van der Waals surface area contributed by atoms with Gasteiger partial charge in [-0.15, -0.1) is 0 Å². The molecule has 2 aromatic carbocycles. The molecule has 2 rings (SSSR count). The SMILES string of the molecule is CCCc1cc(O)c(C(C)(C)C)cc1C(CCC)c1cc(C(C)(C)C)c(O)cc1CCC. The molecule has 0 saturated carbocycles. The van der Waals surface area contributed by atoms with Gasteiger partial charge in [-0.2, -0.15) is 0 Å². The number of hydrogen-bond donors (Lipinski definition) is 2. The molecule has 0 atom stereocenters. The Labute approximate surface area is 197 Å². The third-order valence-corrected chi connectivity index (χ3v) is 6.50. The Morgan fingerprint density at radius 3 is 1.28 bits per heavy atom. The van der Waals surface area contributed by atoms with Gasteiger partial charge in [-0.25, -0.2) is 0 Å². The lowest BCUT2D eigenvalue weighted by atomic mass is 9.75. The van der Waals surface area contributed by atoms with E-state index in [1.54, 1.807) is 0 Å². The molecule has 0 unspecified atom stereocenters. The molecule has 0 aliphatic carbocycles. The second kappa shape index (κ2) is 10.3. The topological polar surface area (TPSA) is 40.5 Å². The first kappa shape index (κ1) is 26.3. The van der Waals surface area contributed by atoms with Crippen LogP contribution in [0.5, 0.6) is 11.5 Å². The van der Waals surface area contributed by atoms with E-state index in [4.69, 9.17) is 0 Å². The van der Waals surface area contributed by atoms with Gasteiger partial charge in [0.05, 0.1) is 0 Å². The van der Waals surface area contributed by atoms with Gasteiger partial charge in [-0.3, -0.25) is 0 Å². The molecule has 0 radical (unpaired) electrons. The first-order chi connectivity index (χ1) is 14.8. The van der Waals surface area contributed by atoms with Crippen molar-refractivity contribution in [1.29, 1.82) is 0 Å². The van der Waals surface area contributed by atoms with Crippen LogP contribution in [-0.2, 0) is 23.7 Å². The van der Waals surface area contributed by atoms with E-state index < -0.39 is 0 Å². The molecule has 0 saturated heterocycles. The highest BCUT2D eigenvalue weighted by molar-refractivity contribution is 5.53. The summed E-state index contributed by atoms with van der Waals surface area (Å²) in [5.41, 5.74) is 6.98. The third-order valence-electron chi connectivity index (χ3n) is 6.50. The van der Waals surface area contributed by atoms with Crippen molar-refractivity contribution >= 4 is 0 Å². The molecular formula is C30H46O2. The molecule has 2 N–H and O–H groups in total. The maximum atomic E-state index is 10.9. The normalized spacial score (nSPS) is 12.6. The van der Waals surface area contributed by atoms with Crippen molar-refractivity contribution in [2.75, 3.05) is 0 Å². The Hall–Kier alpha value is -1.96. The lowest BCUT2D eigenvalue weighted by Crippen LogP contribution is -2.17. The molecule has 0 bridgehead atoms. The fraction of sp³-hybridized carbons (Fsp3) is 0.600. The van der Waals surface area contributed by atoms with Crippen LogP contribution in [0.2, 0.25) is 0 Å². The lowest BCUT2D eigenvalue weighted by Gasteiger charge is -2.30. The van der Waals surface area contributed by atoms with Crippen LogP contribution in [0, 0.1) is 0 Å². The summed E-state index contributed by atoms with van der Waals surface area (Å²) >= 11 is 0. The Balaban J connectivity index is 2.86. The Kier molecular flexibility index (Phi) is 8.48. The maximum absolute atomic E-state index is 10.9. The van der Waals surface area contributed by atoms with Gasteiger partial charge in [0, 0.05) is 5.92 Å². The van der Waals surface area contributed by atoms with Crippen molar-refractivity contribution in [1.82, 2.24) is 0 Å². The minimum atomic E-state index is -0.127. The molecule has 0 aromatic heterocycles. The zero-order chi connectivity index (χ0) is 24.3. The minimum Gasteiger partial charge on any atom is -0.508 e. The van der Waals surface area contributed by atoms with E-state index in [2.05, 4.69) is 74.4 Å². The Morgan fingerprint density at radius 1 is 0.625 bits per heavy atom. The van der Waals surface area contributed by atoms with Crippen molar-refractivity contribution in [2.45, 2.75) is 118 Å². The first-order valence-corrected chi connectivity index (χ1v) is 12.6. The molecule has 0 spiro atoms. The fourth-order valence-corrected chi connectivity index (χ4v) is 4.89. The molecule has 2 aromatic rings. The summed E-state index contributed by atoms with van der Waals surface area (Å²) in [5, 5.41) is 21.7. The van der Waals surface area contributed by atoms with E-state index in [1.165, 1.54) is 22.3 Å². The van der Waals surface area contributed by atoms with Crippen molar-refractivity contribution in [3.05, 3.63) is 57.6 Å². The molecule has 0 heterocycles. The molecule has 0 aliphatic rings. The van der Waals surface area contributed by atoms with E-state index in [-0.39, 0.29) is 16.7 Å². The third kappa shape index (κ3) is 5.88. The smallest absolute Gasteiger partial charge is 0.119 e. The van der Waals surface area contributed by atoms with E-state index in [1.807, 2.05) is 12.1 Å². The predicted octanol–water partition coefficient (Wildman–Crippen LogP) is 8.53. The van der Waals surface area contributed by atoms with Crippen LogP contribution >= 0.6 is 0 Å². The molecule has 32 heavy (non-hydrogen) atoms. The number of aromatic hydroxyl groups is 2. The summed E-state index contributed by atoms with van der Waals surface area (Å²) < 4.78 is 0. The zero-order valence-electron chi connectivity index (χ0n) is 22.0. The molecule has 0 amide bonds. The number of hydrogen-bond acceptors (Lipinski definition) is 2. The lowest BCUT2D eigenvalue weighted by molar-refractivity contribution is 0.444.